The molecule has 0 aromatic rings. The van der Waals surface area contributed by atoms with Crippen LogP contribution < -0.4 is 0 Å². The normalized spacial score (nSPS) is 35.3. The van der Waals surface area contributed by atoms with Crippen LogP contribution in [0.2, 0.25) is 0 Å². The maximum Gasteiger partial charge on any atom is 0.0962 e. The molecule has 13 heavy (non-hydrogen) atoms. The second kappa shape index (κ2) is 4.97. The molecule has 0 saturated heterocycles. The molecule has 0 aromatic carbocycles. The van der Waals surface area contributed by atoms with E-state index in [1.54, 1.807) is 7.11 Å². The molecule has 2 nitrogen and oxygen atoms in total. The molecule has 1 aliphatic rings. The van der Waals surface area contributed by atoms with Gasteiger partial charge in [0.1, 0.15) is 0 Å². The summed E-state index contributed by atoms with van der Waals surface area (Å²) in [5.74, 6) is 2.17. The van der Waals surface area contributed by atoms with Gasteiger partial charge in [-0.1, -0.05) is 27.2 Å². The molecule has 1 saturated carbocycles. The molecule has 0 aromatic heterocycles. The zero-order chi connectivity index (χ0) is 9.84. The Bertz CT molecular complexity index is 145. The second-order valence-electron chi connectivity index (χ2n) is 4.63. The summed E-state index contributed by atoms with van der Waals surface area (Å²) >= 11 is 0. The Labute approximate surface area is 81.5 Å². The van der Waals surface area contributed by atoms with Crippen LogP contribution in [-0.4, -0.2) is 13.2 Å². The van der Waals surface area contributed by atoms with Gasteiger partial charge in [-0.15, -0.1) is 0 Å². The fourth-order valence-electron chi connectivity index (χ4n) is 2.35. The Balaban J connectivity index is 2.50. The molecule has 1 fully saturated rings. The van der Waals surface area contributed by atoms with E-state index in [0.29, 0.717) is 17.9 Å². The average Bonchev–Trinajstić information content (AvgIpc) is 2.04. The second-order valence-corrected chi connectivity index (χ2v) is 4.63. The highest BCUT2D eigenvalue weighted by Crippen LogP contribution is 2.35. The highest BCUT2D eigenvalue weighted by molar-refractivity contribution is 4.80. The summed E-state index contributed by atoms with van der Waals surface area (Å²) in [6.07, 6.45) is 4.09. The third-order valence-electron chi connectivity index (χ3n) is 3.18. The molecule has 0 amide bonds. The Hall–Kier alpha value is -0.0800. The average molecular weight is 186 g/mol. The molecule has 1 aliphatic carbocycles. The topological polar surface area (TPSA) is 18.5 Å². The molecular weight excluding hydrogens is 164 g/mol. The van der Waals surface area contributed by atoms with Gasteiger partial charge < -0.3 is 0 Å². The molecule has 78 valence electrons. The van der Waals surface area contributed by atoms with Crippen molar-refractivity contribution in [1.82, 2.24) is 0 Å². The van der Waals surface area contributed by atoms with Crippen molar-refractivity contribution >= 4 is 0 Å². The van der Waals surface area contributed by atoms with Gasteiger partial charge in [0.2, 0.25) is 0 Å². The van der Waals surface area contributed by atoms with Gasteiger partial charge in [0.05, 0.1) is 13.2 Å². The van der Waals surface area contributed by atoms with Crippen molar-refractivity contribution in [3.63, 3.8) is 0 Å². The van der Waals surface area contributed by atoms with Crippen LogP contribution in [0.4, 0.5) is 0 Å². The van der Waals surface area contributed by atoms with E-state index in [9.17, 15) is 0 Å². The first-order chi connectivity index (χ1) is 6.15. The van der Waals surface area contributed by atoms with Gasteiger partial charge in [-0.05, 0) is 30.6 Å². The molecule has 0 bridgehead atoms. The third-order valence-corrected chi connectivity index (χ3v) is 3.18. The van der Waals surface area contributed by atoms with Crippen molar-refractivity contribution in [1.29, 1.82) is 0 Å². The molecule has 0 radical (unpaired) electrons. The van der Waals surface area contributed by atoms with Crippen LogP contribution in [0.5, 0.6) is 0 Å². The molecular formula is C11H22O2. The number of hydrogen-bond donors (Lipinski definition) is 0. The summed E-state index contributed by atoms with van der Waals surface area (Å²) in [5, 5.41) is 0. The lowest BCUT2D eigenvalue weighted by molar-refractivity contribution is -0.324. The van der Waals surface area contributed by atoms with E-state index in [1.807, 2.05) is 0 Å². The Morgan fingerprint density at radius 1 is 1.23 bits per heavy atom. The summed E-state index contributed by atoms with van der Waals surface area (Å²) in [7, 11) is 1.61. The van der Waals surface area contributed by atoms with Crippen LogP contribution in [0, 0.1) is 17.8 Å². The minimum atomic E-state index is 0.314. The summed E-state index contributed by atoms with van der Waals surface area (Å²) in [6.45, 7) is 6.84. The van der Waals surface area contributed by atoms with Crippen molar-refractivity contribution in [2.75, 3.05) is 7.11 Å². The van der Waals surface area contributed by atoms with Gasteiger partial charge in [-0.3, -0.25) is 0 Å². The van der Waals surface area contributed by atoms with Crippen LogP contribution in [-0.2, 0) is 9.78 Å². The molecule has 1 rings (SSSR count). The van der Waals surface area contributed by atoms with Gasteiger partial charge in [0.25, 0.3) is 0 Å². The largest absolute Gasteiger partial charge is 0.240 e. The van der Waals surface area contributed by atoms with Gasteiger partial charge >= 0.3 is 0 Å². The molecule has 0 heterocycles. The van der Waals surface area contributed by atoms with Gasteiger partial charge in [0.15, 0.2) is 0 Å². The standard InChI is InChI=1S/C11H22O2/c1-8(2)10-6-5-9(3)7-11(10)13-12-4/h8-11H,5-7H2,1-4H3/t9-,10+,11-/m1/s1. The van der Waals surface area contributed by atoms with Crippen LogP contribution in [0.1, 0.15) is 40.0 Å². The third kappa shape index (κ3) is 2.96. The minimum absolute atomic E-state index is 0.314. The Morgan fingerprint density at radius 2 is 1.92 bits per heavy atom. The van der Waals surface area contributed by atoms with E-state index in [2.05, 4.69) is 20.8 Å². The number of hydrogen-bond acceptors (Lipinski definition) is 2. The lowest BCUT2D eigenvalue weighted by Crippen LogP contribution is -2.34. The maximum atomic E-state index is 5.33. The predicted octanol–water partition coefficient (Wildman–Crippen LogP) is 3.03. The summed E-state index contributed by atoms with van der Waals surface area (Å²) < 4.78 is 0. The van der Waals surface area contributed by atoms with E-state index < -0.39 is 0 Å². The van der Waals surface area contributed by atoms with Crippen molar-refractivity contribution in [3.05, 3.63) is 0 Å². The summed E-state index contributed by atoms with van der Waals surface area (Å²) in [5.41, 5.74) is 0. The zero-order valence-electron chi connectivity index (χ0n) is 9.25. The molecule has 2 heteroatoms. The molecule has 0 aliphatic heterocycles. The van der Waals surface area contributed by atoms with Gasteiger partial charge in [-0.25, -0.2) is 9.78 Å². The monoisotopic (exact) mass is 186 g/mol. The van der Waals surface area contributed by atoms with Crippen LogP contribution in [0.3, 0.4) is 0 Å². The van der Waals surface area contributed by atoms with Crippen LogP contribution in [0.15, 0.2) is 0 Å². The Kier molecular flexibility index (Phi) is 4.20. The van der Waals surface area contributed by atoms with E-state index >= 15 is 0 Å². The summed E-state index contributed by atoms with van der Waals surface area (Å²) in [6, 6.07) is 0. The lowest BCUT2D eigenvalue weighted by atomic mass is 9.75. The zero-order valence-corrected chi connectivity index (χ0v) is 9.25. The van der Waals surface area contributed by atoms with E-state index in [1.165, 1.54) is 12.8 Å². The molecule has 0 spiro atoms. The van der Waals surface area contributed by atoms with Gasteiger partial charge in [0, 0.05) is 0 Å². The maximum absolute atomic E-state index is 5.33. The first-order valence-corrected chi connectivity index (χ1v) is 5.34. The van der Waals surface area contributed by atoms with Crippen molar-refractivity contribution < 1.29 is 9.78 Å². The smallest absolute Gasteiger partial charge is 0.0962 e. The van der Waals surface area contributed by atoms with Crippen LogP contribution in [0.25, 0.3) is 0 Å². The van der Waals surface area contributed by atoms with E-state index in [0.717, 1.165) is 12.3 Å². The van der Waals surface area contributed by atoms with Gasteiger partial charge in [-0.2, -0.15) is 0 Å². The fraction of sp³-hybridized carbons (Fsp3) is 1.00. The van der Waals surface area contributed by atoms with Crippen molar-refractivity contribution in [2.45, 2.75) is 46.1 Å². The Morgan fingerprint density at radius 3 is 2.46 bits per heavy atom. The fourth-order valence-corrected chi connectivity index (χ4v) is 2.35. The molecule has 0 unspecified atom stereocenters. The first kappa shape index (κ1) is 11.0. The van der Waals surface area contributed by atoms with E-state index in [4.69, 9.17) is 9.78 Å². The summed E-state index contributed by atoms with van der Waals surface area (Å²) in [4.78, 5) is 10.1. The predicted molar refractivity (Wildman–Crippen MR) is 53.2 cm³/mol. The van der Waals surface area contributed by atoms with Crippen LogP contribution >= 0.6 is 0 Å². The van der Waals surface area contributed by atoms with E-state index in [-0.39, 0.29) is 0 Å². The van der Waals surface area contributed by atoms with Crippen molar-refractivity contribution in [3.8, 4) is 0 Å². The SMILES string of the molecule is COO[C@@H]1C[C@H](C)CC[C@H]1C(C)C. The minimum Gasteiger partial charge on any atom is -0.240 e. The molecule has 3 atom stereocenters. The highest BCUT2D eigenvalue weighted by Gasteiger charge is 2.31. The number of rotatable bonds is 3. The first-order valence-electron chi connectivity index (χ1n) is 5.34. The highest BCUT2D eigenvalue weighted by atomic mass is 17.2. The quantitative estimate of drug-likeness (QED) is 0.498. The molecule has 0 N–H and O–H groups in total. The lowest BCUT2D eigenvalue weighted by Gasteiger charge is -2.35. The van der Waals surface area contributed by atoms with Crippen molar-refractivity contribution in [2.24, 2.45) is 17.8 Å².